The lowest BCUT2D eigenvalue weighted by atomic mass is 9.42. The molecule has 8 atom stereocenters. The van der Waals surface area contributed by atoms with Gasteiger partial charge in [-0.25, -0.2) is 9.07 Å². The molecule has 6 aliphatic rings. The Morgan fingerprint density at radius 1 is 1.05 bits per heavy atom. The molecule has 2 aromatic rings. The number of nitrogens with zero attached hydrogens (tertiary/aromatic N) is 2. The van der Waals surface area contributed by atoms with Crippen LogP contribution in [0, 0.1) is 45.2 Å². The van der Waals surface area contributed by atoms with Crippen molar-refractivity contribution in [3.63, 3.8) is 0 Å². The fraction of sp³-hybridized carbons (Fsp3) is 0.656. The molecule has 2 spiro atoms. The van der Waals surface area contributed by atoms with E-state index in [0.29, 0.717) is 11.8 Å². The minimum absolute atomic E-state index is 0.0661. The van der Waals surface area contributed by atoms with Gasteiger partial charge < -0.3 is 14.6 Å². The first-order chi connectivity index (χ1) is 18.3. The summed E-state index contributed by atoms with van der Waals surface area (Å²) in [4.78, 5) is 0. The van der Waals surface area contributed by atoms with Gasteiger partial charge in [-0.2, -0.15) is 5.10 Å². The van der Waals surface area contributed by atoms with Crippen molar-refractivity contribution in [2.45, 2.75) is 64.9 Å². The van der Waals surface area contributed by atoms with Crippen LogP contribution in [0.2, 0.25) is 0 Å². The van der Waals surface area contributed by atoms with Crippen LogP contribution in [-0.4, -0.2) is 47.4 Å². The molecule has 4 unspecified atom stereocenters. The molecule has 2 aliphatic heterocycles. The standard InChI is InChI=1S/C32H39FN2O3/c1-29-14-20-16-34-35(23-6-4-22(33)5-7-23)26(20)13-21(29)3-8-24-25-9-10-32(30(25,2)15-27(36)28(24)29)19-38-18-31(32)11-12-37-17-31/h4-7,13,16,24-25,27-28,36H,3,8-12,14-15,17-19H2,1-2H3/t24?,25?,27-,28?,29-,30-,31?,32+/m0/s1. The van der Waals surface area contributed by atoms with Gasteiger partial charge in [-0.05, 0) is 109 Å². The molecule has 0 amide bonds. The highest BCUT2D eigenvalue weighted by Gasteiger charge is 2.73. The van der Waals surface area contributed by atoms with Crippen LogP contribution in [0.3, 0.4) is 0 Å². The summed E-state index contributed by atoms with van der Waals surface area (Å²) >= 11 is 0. The molecule has 202 valence electrons. The fourth-order valence-corrected chi connectivity index (χ4v) is 11.0. The second-order valence-electron chi connectivity index (χ2n) is 13.9. The molecule has 2 saturated heterocycles. The van der Waals surface area contributed by atoms with E-state index in [2.05, 4.69) is 19.9 Å². The lowest BCUT2D eigenvalue weighted by Gasteiger charge is -2.62. The van der Waals surface area contributed by atoms with E-state index in [1.54, 1.807) is 12.1 Å². The summed E-state index contributed by atoms with van der Waals surface area (Å²) in [6.45, 7) is 8.26. The minimum atomic E-state index is -0.321. The van der Waals surface area contributed by atoms with E-state index in [1.807, 2.05) is 10.9 Å². The molecule has 6 heteroatoms. The van der Waals surface area contributed by atoms with E-state index in [0.717, 1.165) is 69.9 Å². The van der Waals surface area contributed by atoms with Gasteiger partial charge in [-0.15, -0.1) is 0 Å². The SMILES string of the molecule is C[C@]12Cc3cnn(-c4ccc(F)cc4)c3C=C1CCC1C2[C@@H](O)C[C@@]2(C)C1CC[C@@]21COCC12CCOC2. The Morgan fingerprint density at radius 2 is 1.87 bits per heavy atom. The summed E-state index contributed by atoms with van der Waals surface area (Å²) in [7, 11) is 0. The normalized spacial score (nSPS) is 45.1. The number of benzene rings is 1. The monoisotopic (exact) mass is 518 g/mol. The number of rotatable bonds is 1. The van der Waals surface area contributed by atoms with Gasteiger partial charge in [0.15, 0.2) is 0 Å². The van der Waals surface area contributed by atoms with Crippen LogP contribution in [0.15, 0.2) is 36.0 Å². The quantitative estimate of drug-likeness (QED) is 0.535. The van der Waals surface area contributed by atoms with Gasteiger partial charge in [0.2, 0.25) is 0 Å². The van der Waals surface area contributed by atoms with Gasteiger partial charge in [0.05, 0.1) is 43.5 Å². The Kier molecular flexibility index (Phi) is 4.89. The second-order valence-corrected chi connectivity index (χ2v) is 13.9. The van der Waals surface area contributed by atoms with Gasteiger partial charge >= 0.3 is 0 Å². The van der Waals surface area contributed by atoms with Crippen LogP contribution >= 0.6 is 0 Å². The Bertz CT molecular complexity index is 1310. The highest BCUT2D eigenvalue weighted by molar-refractivity contribution is 5.61. The predicted molar refractivity (Wildman–Crippen MR) is 142 cm³/mol. The van der Waals surface area contributed by atoms with Crippen LogP contribution in [0.25, 0.3) is 11.8 Å². The Balaban J connectivity index is 1.15. The minimum Gasteiger partial charge on any atom is -0.393 e. The van der Waals surface area contributed by atoms with Crippen molar-refractivity contribution < 1.29 is 19.0 Å². The van der Waals surface area contributed by atoms with E-state index in [-0.39, 0.29) is 39.5 Å². The Hall–Kier alpha value is -2.02. The highest BCUT2D eigenvalue weighted by Crippen LogP contribution is 2.75. The summed E-state index contributed by atoms with van der Waals surface area (Å²) in [5.41, 5.74) is 4.96. The van der Waals surface area contributed by atoms with Crippen molar-refractivity contribution in [2.24, 2.45) is 39.4 Å². The third-order valence-electron chi connectivity index (χ3n) is 12.7. The predicted octanol–water partition coefficient (Wildman–Crippen LogP) is 5.59. The first-order valence-corrected chi connectivity index (χ1v) is 14.7. The number of fused-ring (bicyclic) bond motifs is 8. The molecule has 8 rings (SSSR count). The Labute approximate surface area is 224 Å². The lowest BCUT2D eigenvalue weighted by Crippen LogP contribution is -2.61. The molecule has 1 aromatic heterocycles. The largest absolute Gasteiger partial charge is 0.393 e. The first kappa shape index (κ1) is 23.8. The molecule has 5 nitrogen and oxygen atoms in total. The van der Waals surface area contributed by atoms with Gasteiger partial charge in [-0.3, -0.25) is 0 Å². The number of halogens is 1. The lowest BCUT2D eigenvalue weighted by molar-refractivity contribution is -0.161. The number of aromatic nitrogens is 2. The molecule has 1 N–H and O–H groups in total. The topological polar surface area (TPSA) is 56.5 Å². The molecular weight excluding hydrogens is 479 g/mol. The van der Waals surface area contributed by atoms with Crippen LogP contribution in [0.4, 0.5) is 4.39 Å². The number of aliphatic hydroxyl groups is 1. The van der Waals surface area contributed by atoms with E-state index in [4.69, 9.17) is 14.6 Å². The zero-order valence-electron chi connectivity index (χ0n) is 22.6. The maximum atomic E-state index is 13.6. The highest BCUT2D eigenvalue weighted by atomic mass is 19.1. The van der Waals surface area contributed by atoms with Crippen molar-refractivity contribution in [3.8, 4) is 5.69 Å². The molecule has 3 heterocycles. The first-order valence-electron chi connectivity index (χ1n) is 14.7. The average molecular weight is 519 g/mol. The maximum absolute atomic E-state index is 13.6. The van der Waals surface area contributed by atoms with E-state index >= 15 is 0 Å². The zero-order chi connectivity index (χ0) is 25.9. The number of ether oxygens (including phenoxy) is 2. The number of allylic oxidation sites excluding steroid dienone is 1. The average Bonchev–Trinajstić information content (AvgIpc) is 3.67. The van der Waals surface area contributed by atoms with Crippen molar-refractivity contribution >= 4 is 6.08 Å². The third kappa shape index (κ3) is 2.80. The number of hydrogen-bond acceptors (Lipinski definition) is 4. The molecule has 4 aliphatic carbocycles. The van der Waals surface area contributed by atoms with Crippen LogP contribution in [0.1, 0.15) is 63.6 Å². The molecular formula is C32H39FN2O3. The van der Waals surface area contributed by atoms with Crippen LogP contribution in [0.5, 0.6) is 0 Å². The van der Waals surface area contributed by atoms with E-state index in [1.165, 1.54) is 36.1 Å². The summed E-state index contributed by atoms with van der Waals surface area (Å²) < 4.78 is 27.8. The second kappa shape index (κ2) is 7.80. The summed E-state index contributed by atoms with van der Waals surface area (Å²) in [6, 6.07) is 6.58. The molecule has 0 radical (unpaired) electrons. The number of aliphatic hydroxyl groups excluding tert-OH is 1. The third-order valence-corrected chi connectivity index (χ3v) is 12.7. The van der Waals surface area contributed by atoms with Crippen molar-refractivity contribution in [3.05, 3.63) is 53.1 Å². The van der Waals surface area contributed by atoms with Crippen molar-refractivity contribution in [1.29, 1.82) is 0 Å². The summed E-state index contributed by atoms with van der Waals surface area (Å²) in [5.74, 6) is 1.17. The number of hydrogen-bond donors (Lipinski definition) is 1. The molecule has 38 heavy (non-hydrogen) atoms. The van der Waals surface area contributed by atoms with E-state index < -0.39 is 0 Å². The summed E-state index contributed by atoms with van der Waals surface area (Å²) in [6.07, 6.45) is 11.6. The van der Waals surface area contributed by atoms with Crippen LogP contribution < -0.4 is 0 Å². The molecule has 0 bridgehead atoms. The zero-order valence-corrected chi connectivity index (χ0v) is 22.6. The van der Waals surface area contributed by atoms with Gasteiger partial charge in [-0.1, -0.05) is 19.4 Å². The molecule has 3 saturated carbocycles. The maximum Gasteiger partial charge on any atom is 0.123 e. The molecule has 1 aromatic carbocycles. The van der Waals surface area contributed by atoms with Gasteiger partial charge in [0, 0.05) is 17.4 Å². The van der Waals surface area contributed by atoms with Crippen LogP contribution in [-0.2, 0) is 15.9 Å². The fourth-order valence-electron chi connectivity index (χ4n) is 11.0. The van der Waals surface area contributed by atoms with Gasteiger partial charge in [0.1, 0.15) is 5.82 Å². The van der Waals surface area contributed by atoms with E-state index in [9.17, 15) is 9.50 Å². The Morgan fingerprint density at radius 3 is 2.66 bits per heavy atom. The van der Waals surface area contributed by atoms with Crippen molar-refractivity contribution in [1.82, 2.24) is 9.78 Å². The van der Waals surface area contributed by atoms with Gasteiger partial charge in [0.25, 0.3) is 0 Å². The summed E-state index contributed by atoms with van der Waals surface area (Å²) in [5, 5.41) is 16.8. The van der Waals surface area contributed by atoms with Crippen molar-refractivity contribution in [2.75, 3.05) is 26.4 Å². The smallest absolute Gasteiger partial charge is 0.123 e. The molecule has 5 fully saturated rings.